The normalized spacial score (nSPS) is 19.2. The molecular weight excluding hydrogens is 402 g/mol. The second-order valence-corrected chi connectivity index (χ2v) is 8.62. The molecule has 1 aromatic heterocycles. The van der Waals surface area contributed by atoms with Gasteiger partial charge in [0.15, 0.2) is 5.96 Å². The standard InChI is InChI=1S/C25H37N5O2/c1-2-5-22(6-3-1)21-30-13-9-23(10-14-30)28-25(26-11-8-24-7-4-18-32-24)27-12-15-29-16-19-31-20-17-29/h1-7,18,23H,8-17,19-21H2,(H2,26,27,28). The van der Waals surface area contributed by atoms with Crippen LogP contribution in [-0.4, -0.2) is 80.8 Å². The molecule has 32 heavy (non-hydrogen) atoms. The van der Waals surface area contributed by atoms with E-state index in [1.165, 1.54) is 5.56 Å². The Bertz CT molecular complexity index is 782. The summed E-state index contributed by atoms with van der Waals surface area (Å²) in [5.74, 6) is 1.92. The van der Waals surface area contributed by atoms with Gasteiger partial charge in [0, 0.05) is 58.3 Å². The van der Waals surface area contributed by atoms with Crippen molar-refractivity contribution in [2.45, 2.75) is 31.8 Å². The zero-order valence-corrected chi connectivity index (χ0v) is 19.0. The third-order valence-electron chi connectivity index (χ3n) is 6.21. The highest BCUT2D eigenvalue weighted by Gasteiger charge is 2.20. The van der Waals surface area contributed by atoms with Gasteiger partial charge in [-0.05, 0) is 30.5 Å². The third kappa shape index (κ3) is 7.65. The third-order valence-corrected chi connectivity index (χ3v) is 6.21. The lowest BCUT2D eigenvalue weighted by Gasteiger charge is -2.33. The lowest BCUT2D eigenvalue weighted by molar-refractivity contribution is 0.0394. The quantitative estimate of drug-likeness (QED) is 0.462. The van der Waals surface area contributed by atoms with Crippen LogP contribution in [0.25, 0.3) is 0 Å². The molecule has 0 atom stereocenters. The number of furan rings is 1. The van der Waals surface area contributed by atoms with Crippen molar-refractivity contribution in [3.63, 3.8) is 0 Å². The van der Waals surface area contributed by atoms with Crippen molar-refractivity contribution in [2.24, 2.45) is 4.99 Å². The first-order valence-electron chi connectivity index (χ1n) is 12.0. The molecule has 7 heteroatoms. The highest BCUT2D eigenvalue weighted by molar-refractivity contribution is 5.80. The molecule has 0 aliphatic carbocycles. The van der Waals surface area contributed by atoms with Crippen LogP contribution < -0.4 is 10.6 Å². The van der Waals surface area contributed by atoms with Gasteiger partial charge in [0.1, 0.15) is 5.76 Å². The van der Waals surface area contributed by atoms with Crippen molar-refractivity contribution in [2.75, 3.05) is 59.0 Å². The van der Waals surface area contributed by atoms with Crippen LogP contribution in [0.15, 0.2) is 58.1 Å². The number of hydrogen-bond acceptors (Lipinski definition) is 5. The number of morpholine rings is 1. The van der Waals surface area contributed by atoms with E-state index in [-0.39, 0.29) is 0 Å². The Morgan fingerprint density at radius 1 is 0.969 bits per heavy atom. The van der Waals surface area contributed by atoms with Crippen LogP contribution >= 0.6 is 0 Å². The molecule has 7 nitrogen and oxygen atoms in total. The Hall–Kier alpha value is -2.35. The number of nitrogens with one attached hydrogen (secondary N) is 2. The summed E-state index contributed by atoms with van der Waals surface area (Å²) in [6, 6.07) is 15.2. The number of rotatable bonds is 9. The average Bonchev–Trinajstić information content (AvgIpc) is 3.35. The molecule has 2 aromatic rings. The topological polar surface area (TPSA) is 65.3 Å². The maximum Gasteiger partial charge on any atom is 0.191 e. The first kappa shape index (κ1) is 22.8. The molecule has 2 aliphatic rings. The molecule has 2 aliphatic heterocycles. The average molecular weight is 440 g/mol. The van der Waals surface area contributed by atoms with Crippen molar-refractivity contribution in [3.05, 3.63) is 60.1 Å². The number of hydrogen-bond donors (Lipinski definition) is 2. The van der Waals surface area contributed by atoms with E-state index in [4.69, 9.17) is 14.1 Å². The number of likely N-dealkylation sites (tertiary alicyclic amines) is 1. The molecule has 0 radical (unpaired) electrons. The molecule has 4 rings (SSSR count). The SMILES string of the molecule is c1ccc(CN2CCC(NC(=NCCN3CCOCC3)NCCc3ccco3)CC2)cc1. The highest BCUT2D eigenvalue weighted by Crippen LogP contribution is 2.14. The fourth-order valence-electron chi connectivity index (χ4n) is 4.31. The maximum absolute atomic E-state index is 5.46. The second-order valence-electron chi connectivity index (χ2n) is 8.62. The van der Waals surface area contributed by atoms with Crippen molar-refractivity contribution in [1.82, 2.24) is 20.4 Å². The zero-order valence-electron chi connectivity index (χ0n) is 19.0. The number of ether oxygens (including phenoxy) is 1. The molecule has 0 saturated carbocycles. The number of guanidine groups is 1. The summed E-state index contributed by atoms with van der Waals surface area (Å²) in [6.45, 7) is 9.51. The molecule has 2 N–H and O–H groups in total. The van der Waals surface area contributed by atoms with E-state index in [1.54, 1.807) is 6.26 Å². The first-order valence-corrected chi connectivity index (χ1v) is 12.0. The van der Waals surface area contributed by atoms with Gasteiger partial charge < -0.3 is 19.8 Å². The van der Waals surface area contributed by atoms with Crippen LogP contribution in [0.5, 0.6) is 0 Å². The van der Waals surface area contributed by atoms with E-state index in [9.17, 15) is 0 Å². The van der Waals surface area contributed by atoms with Gasteiger partial charge in [0.05, 0.1) is 26.0 Å². The molecule has 0 amide bonds. The Morgan fingerprint density at radius 3 is 2.53 bits per heavy atom. The molecule has 0 unspecified atom stereocenters. The lowest BCUT2D eigenvalue weighted by Crippen LogP contribution is -2.49. The summed E-state index contributed by atoms with van der Waals surface area (Å²) in [5, 5.41) is 7.21. The van der Waals surface area contributed by atoms with Gasteiger partial charge in [0.2, 0.25) is 0 Å². The summed E-state index contributed by atoms with van der Waals surface area (Å²) >= 11 is 0. The minimum Gasteiger partial charge on any atom is -0.469 e. The zero-order chi connectivity index (χ0) is 21.8. The van der Waals surface area contributed by atoms with Crippen molar-refractivity contribution < 1.29 is 9.15 Å². The van der Waals surface area contributed by atoms with Gasteiger partial charge in [-0.25, -0.2) is 0 Å². The Kier molecular flexibility index (Phi) is 9.01. The van der Waals surface area contributed by atoms with Gasteiger partial charge in [0.25, 0.3) is 0 Å². The van der Waals surface area contributed by atoms with Gasteiger partial charge in [-0.2, -0.15) is 0 Å². The van der Waals surface area contributed by atoms with Crippen molar-refractivity contribution >= 4 is 5.96 Å². The monoisotopic (exact) mass is 439 g/mol. The van der Waals surface area contributed by atoms with Crippen LogP contribution in [-0.2, 0) is 17.7 Å². The number of benzene rings is 1. The fraction of sp³-hybridized carbons (Fsp3) is 0.560. The first-order chi connectivity index (χ1) is 15.8. The van der Waals surface area contributed by atoms with E-state index in [2.05, 4.69) is 50.8 Å². The molecular formula is C25H37N5O2. The maximum atomic E-state index is 5.46. The van der Waals surface area contributed by atoms with Crippen LogP contribution in [0.4, 0.5) is 0 Å². The van der Waals surface area contributed by atoms with Crippen LogP contribution in [0, 0.1) is 0 Å². The van der Waals surface area contributed by atoms with Crippen LogP contribution in [0.2, 0.25) is 0 Å². The lowest BCUT2D eigenvalue weighted by atomic mass is 10.0. The van der Waals surface area contributed by atoms with Crippen LogP contribution in [0.1, 0.15) is 24.2 Å². The molecule has 2 fully saturated rings. The Morgan fingerprint density at radius 2 is 1.78 bits per heavy atom. The van der Waals surface area contributed by atoms with Gasteiger partial charge >= 0.3 is 0 Å². The largest absolute Gasteiger partial charge is 0.469 e. The number of piperidine rings is 1. The minimum absolute atomic E-state index is 0.459. The highest BCUT2D eigenvalue weighted by atomic mass is 16.5. The van der Waals surface area contributed by atoms with E-state index in [0.717, 1.165) is 96.6 Å². The number of aliphatic imine (C=N–C) groups is 1. The predicted octanol–water partition coefficient (Wildman–Crippen LogP) is 2.35. The van der Waals surface area contributed by atoms with Crippen LogP contribution in [0.3, 0.4) is 0 Å². The van der Waals surface area contributed by atoms with E-state index >= 15 is 0 Å². The van der Waals surface area contributed by atoms with Gasteiger partial charge in [-0.15, -0.1) is 0 Å². The van der Waals surface area contributed by atoms with Crippen molar-refractivity contribution in [3.8, 4) is 0 Å². The smallest absolute Gasteiger partial charge is 0.191 e. The number of nitrogens with zero attached hydrogens (tertiary/aromatic N) is 3. The van der Waals surface area contributed by atoms with E-state index in [0.29, 0.717) is 6.04 Å². The Labute approximate surface area is 191 Å². The second kappa shape index (κ2) is 12.6. The summed E-state index contributed by atoms with van der Waals surface area (Å²) in [5.41, 5.74) is 1.39. The predicted molar refractivity (Wildman–Crippen MR) is 128 cm³/mol. The van der Waals surface area contributed by atoms with Gasteiger partial charge in [-0.3, -0.25) is 14.8 Å². The minimum atomic E-state index is 0.459. The molecule has 1 aromatic carbocycles. The van der Waals surface area contributed by atoms with E-state index in [1.807, 2.05) is 12.1 Å². The summed E-state index contributed by atoms with van der Waals surface area (Å²) in [7, 11) is 0. The van der Waals surface area contributed by atoms with Crippen molar-refractivity contribution in [1.29, 1.82) is 0 Å². The molecule has 0 spiro atoms. The summed E-state index contributed by atoms with van der Waals surface area (Å²) < 4.78 is 10.9. The fourth-order valence-corrected chi connectivity index (χ4v) is 4.31. The molecule has 3 heterocycles. The summed E-state index contributed by atoms with van der Waals surface area (Å²) in [4.78, 5) is 9.86. The van der Waals surface area contributed by atoms with E-state index < -0.39 is 0 Å². The summed E-state index contributed by atoms with van der Waals surface area (Å²) in [6.07, 6.45) is 4.85. The van der Waals surface area contributed by atoms with Gasteiger partial charge in [-0.1, -0.05) is 30.3 Å². The molecule has 2 saturated heterocycles. The Balaban J connectivity index is 1.24. The molecule has 0 bridgehead atoms. The molecule has 174 valence electrons.